The summed E-state index contributed by atoms with van der Waals surface area (Å²) in [4.78, 5) is 0. The van der Waals surface area contributed by atoms with Crippen LogP contribution in [0.5, 0.6) is 0 Å². The van der Waals surface area contributed by atoms with Crippen molar-refractivity contribution >= 4 is 15.9 Å². The fourth-order valence-corrected chi connectivity index (χ4v) is 3.47. The smallest absolute Gasteiger partial charge is 0.177 e. The lowest BCUT2D eigenvalue weighted by atomic mass is 9.86. The van der Waals surface area contributed by atoms with Crippen LogP contribution in [0.15, 0.2) is 114 Å². The van der Waals surface area contributed by atoms with Crippen molar-refractivity contribution in [2.75, 3.05) is 0 Å². The van der Waals surface area contributed by atoms with E-state index in [0.29, 0.717) is 5.56 Å². The molecule has 0 spiro atoms. The summed E-state index contributed by atoms with van der Waals surface area (Å²) in [6.07, 6.45) is 0. The van der Waals surface area contributed by atoms with Crippen LogP contribution in [-0.4, -0.2) is 5.11 Å². The quantitative estimate of drug-likeness (QED) is 0.355. The van der Waals surface area contributed by atoms with E-state index < -0.39 is 5.60 Å². The summed E-state index contributed by atoms with van der Waals surface area (Å²) in [5.74, 6) is 12.7. The van der Waals surface area contributed by atoms with E-state index in [0.717, 1.165) is 26.7 Å². The summed E-state index contributed by atoms with van der Waals surface area (Å²) in [6.45, 7) is 0. The summed E-state index contributed by atoms with van der Waals surface area (Å²) >= 11 is 3.46. The molecule has 1 nitrogen and oxygen atoms in total. The predicted octanol–water partition coefficient (Wildman–Crippen LogP) is 6.14. The summed E-state index contributed by atoms with van der Waals surface area (Å²) in [5.41, 5.74) is 2.53. The van der Waals surface area contributed by atoms with Gasteiger partial charge in [-0.3, -0.25) is 0 Å². The Kier molecular flexibility index (Phi) is 6.34. The van der Waals surface area contributed by atoms with Crippen molar-refractivity contribution in [1.82, 2.24) is 0 Å². The molecule has 0 aliphatic heterocycles. The van der Waals surface area contributed by atoms with Gasteiger partial charge in [0.2, 0.25) is 0 Å². The van der Waals surface area contributed by atoms with E-state index in [-0.39, 0.29) is 0 Å². The van der Waals surface area contributed by atoms with Crippen LogP contribution in [0.2, 0.25) is 0 Å². The molecule has 31 heavy (non-hydrogen) atoms. The Labute approximate surface area is 191 Å². The zero-order chi connectivity index (χ0) is 21.5. The third kappa shape index (κ3) is 4.96. The van der Waals surface area contributed by atoms with Crippen molar-refractivity contribution < 1.29 is 5.11 Å². The van der Waals surface area contributed by atoms with Crippen molar-refractivity contribution in [2.24, 2.45) is 0 Å². The van der Waals surface area contributed by atoms with Gasteiger partial charge in [-0.15, -0.1) is 0 Å². The second kappa shape index (κ2) is 9.50. The molecule has 0 fully saturated rings. The van der Waals surface area contributed by atoms with Gasteiger partial charge in [0.25, 0.3) is 0 Å². The van der Waals surface area contributed by atoms with E-state index in [1.165, 1.54) is 0 Å². The van der Waals surface area contributed by atoms with Crippen LogP contribution in [0, 0.1) is 23.7 Å². The topological polar surface area (TPSA) is 20.2 Å². The van der Waals surface area contributed by atoms with Crippen molar-refractivity contribution in [3.05, 3.63) is 141 Å². The minimum Gasteiger partial charge on any atom is -0.369 e. The van der Waals surface area contributed by atoms with Gasteiger partial charge in [-0.25, -0.2) is 0 Å². The molecule has 0 bridgehead atoms. The van der Waals surface area contributed by atoms with Gasteiger partial charge in [0.1, 0.15) is 0 Å². The first kappa shape index (κ1) is 20.7. The van der Waals surface area contributed by atoms with Crippen molar-refractivity contribution in [2.45, 2.75) is 5.60 Å². The molecular formula is C29H19BrO. The highest BCUT2D eigenvalue weighted by atomic mass is 79.9. The van der Waals surface area contributed by atoms with E-state index in [4.69, 9.17) is 0 Å². The van der Waals surface area contributed by atoms with Gasteiger partial charge in [-0.05, 0) is 36.4 Å². The van der Waals surface area contributed by atoms with Crippen LogP contribution in [0.3, 0.4) is 0 Å². The number of aliphatic hydroxyl groups is 1. The van der Waals surface area contributed by atoms with Crippen molar-refractivity contribution in [1.29, 1.82) is 0 Å². The van der Waals surface area contributed by atoms with Crippen LogP contribution < -0.4 is 0 Å². The minimum atomic E-state index is -1.44. The van der Waals surface area contributed by atoms with Crippen LogP contribution in [-0.2, 0) is 5.60 Å². The number of halogens is 1. The molecule has 1 unspecified atom stereocenters. The summed E-state index contributed by atoms with van der Waals surface area (Å²) < 4.78 is 0.946. The van der Waals surface area contributed by atoms with Gasteiger partial charge in [0.15, 0.2) is 5.60 Å². The third-order valence-corrected chi connectivity index (χ3v) is 5.40. The van der Waals surface area contributed by atoms with Crippen molar-refractivity contribution in [3.8, 4) is 23.7 Å². The standard InChI is InChI=1S/C29H19BrO/c30-28-19-17-27(18-20-28)29(31,26-13-5-2-6-14-26)22-21-25-12-8-7-11-24(25)16-15-23-9-3-1-4-10-23/h1-14,17-20,31H. The second-order valence-corrected chi connectivity index (χ2v) is 7.91. The Hall–Kier alpha value is -3.56. The van der Waals surface area contributed by atoms with Crippen LogP contribution >= 0.6 is 15.9 Å². The molecule has 1 N–H and O–H groups in total. The molecule has 2 heteroatoms. The monoisotopic (exact) mass is 462 g/mol. The van der Waals surface area contributed by atoms with Crippen LogP contribution in [0.4, 0.5) is 0 Å². The van der Waals surface area contributed by atoms with E-state index in [1.54, 1.807) is 0 Å². The average molecular weight is 463 g/mol. The lowest BCUT2D eigenvalue weighted by molar-refractivity contribution is 0.145. The van der Waals surface area contributed by atoms with Crippen molar-refractivity contribution in [3.63, 3.8) is 0 Å². The first-order chi connectivity index (χ1) is 15.1. The largest absolute Gasteiger partial charge is 0.369 e. The maximum absolute atomic E-state index is 11.7. The molecule has 4 rings (SSSR count). The number of rotatable bonds is 2. The molecule has 4 aromatic carbocycles. The highest BCUT2D eigenvalue weighted by molar-refractivity contribution is 9.10. The maximum Gasteiger partial charge on any atom is 0.177 e. The fourth-order valence-electron chi connectivity index (χ4n) is 3.20. The van der Waals surface area contributed by atoms with E-state index in [1.807, 2.05) is 109 Å². The third-order valence-electron chi connectivity index (χ3n) is 4.87. The number of benzene rings is 4. The predicted molar refractivity (Wildman–Crippen MR) is 129 cm³/mol. The van der Waals surface area contributed by atoms with Gasteiger partial charge >= 0.3 is 0 Å². The van der Waals surface area contributed by atoms with Crippen LogP contribution in [0.25, 0.3) is 0 Å². The van der Waals surface area contributed by atoms with Gasteiger partial charge in [0, 0.05) is 32.3 Å². The minimum absolute atomic E-state index is 0.710. The summed E-state index contributed by atoms with van der Waals surface area (Å²) in [7, 11) is 0. The highest BCUT2D eigenvalue weighted by Gasteiger charge is 2.29. The first-order valence-electron chi connectivity index (χ1n) is 9.88. The zero-order valence-corrected chi connectivity index (χ0v) is 18.3. The molecule has 0 saturated heterocycles. The molecule has 0 saturated carbocycles. The van der Waals surface area contributed by atoms with E-state index in [9.17, 15) is 5.11 Å². The molecule has 4 aromatic rings. The molecule has 0 aliphatic rings. The normalized spacial score (nSPS) is 11.9. The molecule has 0 aromatic heterocycles. The maximum atomic E-state index is 11.7. The molecule has 148 valence electrons. The highest BCUT2D eigenvalue weighted by Crippen LogP contribution is 2.30. The molecule has 0 aliphatic carbocycles. The lowest BCUT2D eigenvalue weighted by Gasteiger charge is -2.23. The average Bonchev–Trinajstić information content (AvgIpc) is 2.83. The molecule has 0 amide bonds. The second-order valence-electron chi connectivity index (χ2n) is 6.99. The Morgan fingerprint density at radius 3 is 1.71 bits per heavy atom. The fraction of sp³-hybridized carbons (Fsp3) is 0.0345. The number of hydrogen-bond donors (Lipinski definition) is 1. The van der Waals surface area contributed by atoms with E-state index in [2.05, 4.69) is 39.6 Å². The zero-order valence-electron chi connectivity index (χ0n) is 16.7. The molecule has 0 radical (unpaired) electrons. The first-order valence-corrected chi connectivity index (χ1v) is 10.7. The lowest BCUT2D eigenvalue weighted by Crippen LogP contribution is -2.25. The van der Waals surface area contributed by atoms with Gasteiger partial charge < -0.3 is 5.11 Å². The number of hydrogen-bond acceptors (Lipinski definition) is 1. The Morgan fingerprint density at radius 1 is 0.548 bits per heavy atom. The Balaban J connectivity index is 1.78. The van der Waals surface area contributed by atoms with E-state index >= 15 is 0 Å². The summed E-state index contributed by atoms with van der Waals surface area (Å²) in [6, 6.07) is 34.7. The summed E-state index contributed by atoms with van der Waals surface area (Å²) in [5, 5.41) is 11.7. The van der Waals surface area contributed by atoms with Gasteiger partial charge in [0.05, 0.1) is 0 Å². The molecular weight excluding hydrogens is 444 g/mol. The van der Waals surface area contributed by atoms with Gasteiger partial charge in [-0.2, -0.15) is 0 Å². The van der Waals surface area contributed by atoms with Crippen LogP contribution in [0.1, 0.15) is 27.8 Å². The molecule has 1 atom stereocenters. The Morgan fingerprint density at radius 2 is 1.06 bits per heavy atom. The Bertz CT molecular complexity index is 1290. The van der Waals surface area contributed by atoms with Gasteiger partial charge in [-0.1, -0.05) is 112 Å². The molecule has 0 heterocycles. The SMILES string of the molecule is OC(C#Cc1ccccc1C#Cc1ccccc1)(c1ccccc1)c1ccc(Br)cc1.